The molecule has 1 aromatic carbocycles. The lowest BCUT2D eigenvalue weighted by Gasteiger charge is -2.33. The molecule has 1 atom stereocenters. The second-order valence-corrected chi connectivity index (χ2v) is 7.34. The first-order valence-corrected chi connectivity index (χ1v) is 9.44. The van der Waals surface area contributed by atoms with E-state index in [0.29, 0.717) is 11.8 Å². The van der Waals surface area contributed by atoms with Crippen LogP contribution in [0.15, 0.2) is 29.4 Å². The number of thioether (sulfide) groups is 1. The maximum atomic E-state index is 12.5. The van der Waals surface area contributed by atoms with Crippen LogP contribution in [0.5, 0.6) is 0 Å². The van der Waals surface area contributed by atoms with Gasteiger partial charge in [0, 0.05) is 25.2 Å². The third-order valence-corrected chi connectivity index (χ3v) is 5.67. The molecule has 2 aromatic rings. The van der Waals surface area contributed by atoms with Crippen molar-refractivity contribution in [3.05, 3.63) is 29.8 Å². The van der Waals surface area contributed by atoms with Gasteiger partial charge in [-0.2, -0.15) is 0 Å². The third kappa shape index (κ3) is 3.48. The number of piperidine rings is 1. The molecule has 128 valence electrons. The smallest absolute Gasteiger partial charge is 0.233 e. The monoisotopic (exact) mass is 344 g/mol. The summed E-state index contributed by atoms with van der Waals surface area (Å²) < 4.78 is 1.97. The Morgan fingerprint density at radius 1 is 1.29 bits per heavy atom. The SMILES string of the molecule is Cc1ccccc1-c1nnc(SCC(=O)N2CCCC[C@@H]2C)n1C. The highest BCUT2D eigenvalue weighted by Crippen LogP contribution is 2.26. The number of nitrogens with zero attached hydrogens (tertiary/aromatic N) is 4. The number of amides is 1. The van der Waals surface area contributed by atoms with Gasteiger partial charge in [-0.25, -0.2) is 0 Å². The summed E-state index contributed by atoms with van der Waals surface area (Å²) in [7, 11) is 1.96. The highest BCUT2D eigenvalue weighted by atomic mass is 32.2. The molecular formula is C18H24N4OS. The first-order valence-electron chi connectivity index (χ1n) is 8.45. The summed E-state index contributed by atoms with van der Waals surface area (Å²) in [5, 5.41) is 9.38. The topological polar surface area (TPSA) is 51.0 Å². The predicted molar refractivity (Wildman–Crippen MR) is 96.9 cm³/mol. The van der Waals surface area contributed by atoms with Gasteiger partial charge in [-0.05, 0) is 38.7 Å². The van der Waals surface area contributed by atoms with Crippen molar-refractivity contribution >= 4 is 17.7 Å². The van der Waals surface area contributed by atoms with Crippen LogP contribution < -0.4 is 0 Å². The quantitative estimate of drug-likeness (QED) is 0.799. The van der Waals surface area contributed by atoms with Crippen LogP contribution in [-0.4, -0.2) is 43.9 Å². The minimum Gasteiger partial charge on any atom is -0.339 e. The number of hydrogen-bond acceptors (Lipinski definition) is 4. The van der Waals surface area contributed by atoms with E-state index >= 15 is 0 Å². The Labute approximate surface area is 147 Å². The zero-order valence-corrected chi connectivity index (χ0v) is 15.3. The van der Waals surface area contributed by atoms with Gasteiger partial charge in [0.2, 0.25) is 5.91 Å². The lowest BCUT2D eigenvalue weighted by atomic mass is 10.0. The number of carbonyl (C=O) groups is 1. The number of hydrogen-bond donors (Lipinski definition) is 0. The number of carbonyl (C=O) groups excluding carboxylic acids is 1. The van der Waals surface area contributed by atoms with Crippen LogP contribution in [0.4, 0.5) is 0 Å². The predicted octanol–water partition coefficient (Wildman–Crippen LogP) is 3.28. The van der Waals surface area contributed by atoms with E-state index in [4.69, 9.17) is 0 Å². The van der Waals surface area contributed by atoms with Crippen molar-refractivity contribution in [2.75, 3.05) is 12.3 Å². The van der Waals surface area contributed by atoms with Crippen LogP contribution in [0.2, 0.25) is 0 Å². The lowest BCUT2D eigenvalue weighted by Crippen LogP contribution is -2.42. The van der Waals surface area contributed by atoms with Gasteiger partial charge in [0.25, 0.3) is 0 Å². The second-order valence-electron chi connectivity index (χ2n) is 6.40. The molecule has 0 saturated carbocycles. The Morgan fingerprint density at radius 2 is 2.08 bits per heavy atom. The Hall–Kier alpha value is -1.82. The number of aromatic nitrogens is 3. The molecule has 1 aromatic heterocycles. The van der Waals surface area contributed by atoms with Crippen molar-refractivity contribution in [1.82, 2.24) is 19.7 Å². The van der Waals surface area contributed by atoms with Crippen LogP contribution in [-0.2, 0) is 11.8 Å². The molecule has 0 spiro atoms. The standard InChI is InChI=1S/C18H24N4OS/c1-13-8-4-5-10-15(13)17-19-20-18(21(17)3)24-12-16(23)22-11-7-6-9-14(22)2/h4-5,8,10,14H,6-7,9,11-12H2,1-3H3/t14-/m0/s1. The van der Waals surface area contributed by atoms with Gasteiger partial charge < -0.3 is 9.47 Å². The summed E-state index contributed by atoms with van der Waals surface area (Å²) in [6.07, 6.45) is 3.45. The summed E-state index contributed by atoms with van der Waals surface area (Å²) in [5.41, 5.74) is 2.25. The van der Waals surface area contributed by atoms with E-state index in [9.17, 15) is 4.79 Å². The van der Waals surface area contributed by atoms with E-state index in [2.05, 4.69) is 30.1 Å². The molecule has 1 fully saturated rings. The Bertz CT molecular complexity index is 728. The second kappa shape index (κ2) is 7.38. The minimum absolute atomic E-state index is 0.202. The largest absolute Gasteiger partial charge is 0.339 e. The number of likely N-dealkylation sites (tertiary alicyclic amines) is 1. The van der Waals surface area contributed by atoms with E-state index in [0.717, 1.165) is 35.9 Å². The first-order chi connectivity index (χ1) is 11.6. The zero-order chi connectivity index (χ0) is 17.1. The number of benzene rings is 1. The normalized spacial score (nSPS) is 18.0. The fourth-order valence-corrected chi connectivity index (χ4v) is 3.97. The van der Waals surface area contributed by atoms with Gasteiger partial charge in [-0.3, -0.25) is 4.79 Å². The zero-order valence-electron chi connectivity index (χ0n) is 14.5. The molecule has 2 heterocycles. The van der Waals surface area contributed by atoms with Crippen LogP contribution in [0, 0.1) is 6.92 Å². The average molecular weight is 344 g/mol. The van der Waals surface area contributed by atoms with Crippen LogP contribution in [0.1, 0.15) is 31.7 Å². The van der Waals surface area contributed by atoms with E-state index in [1.165, 1.54) is 23.7 Å². The average Bonchev–Trinajstić information content (AvgIpc) is 2.94. The summed E-state index contributed by atoms with van der Waals surface area (Å²) in [6, 6.07) is 8.50. The molecule has 1 aliphatic rings. The summed E-state index contributed by atoms with van der Waals surface area (Å²) in [4.78, 5) is 14.5. The fraction of sp³-hybridized carbons (Fsp3) is 0.500. The molecular weight excluding hydrogens is 320 g/mol. The highest BCUT2D eigenvalue weighted by molar-refractivity contribution is 7.99. The third-order valence-electron chi connectivity index (χ3n) is 4.67. The van der Waals surface area contributed by atoms with Crippen LogP contribution in [0.3, 0.4) is 0 Å². The molecule has 0 bridgehead atoms. The maximum absolute atomic E-state index is 12.5. The Kier molecular flexibility index (Phi) is 5.23. The highest BCUT2D eigenvalue weighted by Gasteiger charge is 2.23. The number of rotatable bonds is 4. The molecule has 5 nitrogen and oxygen atoms in total. The van der Waals surface area contributed by atoms with Crippen LogP contribution >= 0.6 is 11.8 Å². The van der Waals surface area contributed by atoms with E-state index in [1.54, 1.807) is 0 Å². The first kappa shape index (κ1) is 17.0. The van der Waals surface area contributed by atoms with E-state index in [-0.39, 0.29) is 5.91 Å². The molecule has 3 rings (SSSR count). The van der Waals surface area contributed by atoms with Crippen molar-refractivity contribution in [2.24, 2.45) is 7.05 Å². The van der Waals surface area contributed by atoms with Gasteiger partial charge >= 0.3 is 0 Å². The molecule has 0 radical (unpaired) electrons. The van der Waals surface area contributed by atoms with Gasteiger partial charge in [-0.15, -0.1) is 10.2 Å². The fourth-order valence-electron chi connectivity index (χ4n) is 3.18. The van der Waals surface area contributed by atoms with Crippen molar-refractivity contribution in [3.63, 3.8) is 0 Å². The molecule has 1 aliphatic heterocycles. The van der Waals surface area contributed by atoms with E-state index in [1.807, 2.05) is 34.7 Å². The summed E-state index contributed by atoms with van der Waals surface area (Å²) in [5.74, 6) is 1.46. The van der Waals surface area contributed by atoms with Gasteiger partial charge in [0.15, 0.2) is 11.0 Å². The molecule has 0 unspecified atom stereocenters. The van der Waals surface area contributed by atoms with Crippen molar-refractivity contribution in [1.29, 1.82) is 0 Å². The van der Waals surface area contributed by atoms with Crippen LogP contribution in [0.25, 0.3) is 11.4 Å². The van der Waals surface area contributed by atoms with Crippen molar-refractivity contribution in [2.45, 2.75) is 44.3 Å². The van der Waals surface area contributed by atoms with Gasteiger partial charge in [0.1, 0.15) is 0 Å². The molecule has 0 aliphatic carbocycles. The minimum atomic E-state index is 0.202. The number of aryl methyl sites for hydroxylation is 1. The van der Waals surface area contributed by atoms with Crippen molar-refractivity contribution < 1.29 is 4.79 Å². The molecule has 1 amide bonds. The Morgan fingerprint density at radius 3 is 2.83 bits per heavy atom. The lowest BCUT2D eigenvalue weighted by molar-refractivity contribution is -0.131. The molecule has 6 heteroatoms. The van der Waals surface area contributed by atoms with Crippen molar-refractivity contribution in [3.8, 4) is 11.4 Å². The molecule has 0 N–H and O–H groups in total. The van der Waals surface area contributed by atoms with Gasteiger partial charge in [0.05, 0.1) is 5.75 Å². The van der Waals surface area contributed by atoms with E-state index < -0.39 is 0 Å². The summed E-state index contributed by atoms with van der Waals surface area (Å²) in [6.45, 7) is 5.09. The Balaban J connectivity index is 1.69. The summed E-state index contributed by atoms with van der Waals surface area (Å²) >= 11 is 1.47. The molecule has 24 heavy (non-hydrogen) atoms. The van der Waals surface area contributed by atoms with Gasteiger partial charge in [-0.1, -0.05) is 36.0 Å². The molecule has 1 saturated heterocycles. The maximum Gasteiger partial charge on any atom is 0.233 e.